The minimum Gasteiger partial charge on any atom is -0.353 e. The summed E-state index contributed by atoms with van der Waals surface area (Å²) in [5.41, 5.74) is 6.11. The highest BCUT2D eigenvalue weighted by atomic mass is 35.5. The van der Waals surface area contributed by atoms with E-state index in [1.54, 1.807) is 6.92 Å². The van der Waals surface area contributed by atoms with Crippen LogP contribution in [0.25, 0.3) is 0 Å². The lowest BCUT2D eigenvalue weighted by Crippen LogP contribution is -2.53. The van der Waals surface area contributed by atoms with Crippen molar-refractivity contribution in [3.63, 3.8) is 0 Å². The number of hydrogen-bond donors (Lipinski definition) is 2. The average molecular weight is 329 g/mol. The minimum atomic E-state index is 0. The molecule has 1 aromatic rings. The standard InChI is InChI=1S/C15H24N4O2.ClH/c1-9-17-14(21-19-9)6-5-13(20)18-15-10-3-2-4-11(15)8-12(16)7-10;/h10-12,15H,2-8,16H2,1H3,(H,18,20);1H. The van der Waals surface area contributed by atoms with E-state index in [0.717, 1.165) is 12.8 Å². The molecule has 1 heterocycles. The summed E-state index contributed by atoms with van der Waals surface area (Å²) in [4.78, 5) is 16.3. The zero-order chi connectivity index (χ0) is 14.8. The van der Waals surface area contributed by atoms with Gasteiger partial charge in [0, 0.05) is 24.9 Å². The second kappa shape index (κ2) is 7.42. The number of nitrogens with zero attached hydrogens (tertiary/aromatic N) is 2. The normalized spacial score (nSPS) is 30.5. The van der Waals surface area contributed by atoms with Gasteiger partial charge in [0.25, 0.3) is 0 Å². The van der Waals surface area contributed by atoms with Crippen molar-refractivity contribution in [2.45, 2.75) is 64.0 Å². The number of rotatable bonds is 4. The Hall–Kier alpha value is -1.14. The predicted molar refractivity (Wildman–Crippen MR) is 84.6 cm³/mol. The van der Waals surface area contributed by atoms with E-state index in [4.69, 9.17) is 10.3 Å². The van der Waals surface area contributed by atoms with Crippen LogP contribution in [-0.4, -0.2) is 28.1 Å². The fourth-order valence-electron chi connectivity index (χ4n) is 3.94. The first-order valence-corrected chi connectivity index (χ1v) is 7.96. The van der Waals surface area contributed by atoms with Crippen molar-refractivity contribution in [2.75, 3.05) is 0 Å². The summed E-state index contributed by atoms with van der Waals surface area (Å²) in [5, 5.41) is 6.97. The Labute approximate surface area is 137 Å². The lowest BCUT2D eigenvalue weighted by atomic mass is 9.67. The number of halogens is 1. The van der Waals surface area contributed by atoms with Gasteiger partial charge in [0.1, 0.15) is 0 Å². The van der Waals surface area contributed by atoms with Gasteiger partial charge in [0.05, 0.1) is 0 Å². The molecule has 0 spiro atoms. The van der Waals surface area contributed by atoms with E-state index >= 15 is 0 Å². The Morgan fingerprint density at radius 3 is 2.64 bits per heavy atom. The third-order valence-electron chi connectivity index (χ3n) is 4.84. The molecule has 1 aromatic heterocycles. The maximum Gasteiger partial charge on any atom is 0.227 e. The van der Waals surface area contributed by atoms with Gasteiger partial charge in [-0.1, -0.05) is 11.6 Å². The summed E-state index contributed by atoms with van der Waals surface area (Å²) in [6.45, 7) is 1.78. The smallest absolute Gasteiger partial charge is 0.227 e. The minimum absolute atomic E-state index is 0. The molecule has 124 valence electrons. The number of fused-ring (bicyclic) bond motifs is 2. The summed E-state index contributed by atoms with van der Waals surface area (Å²) in [6.07, 6.45) is 6.66. The van der Waals surface area contributed by atoms with Crippen LogP contribution >= 0.6 is 12.4 Å². The van der Waals surface area contributed by atoms with Gasteiger partial charge in [-0.15, -0.1) is 12.4 Å². The second-order valence-electron chi connectivity index (χ2n) is 6.51. The van der Waals surface area contributed by atoms with E-state index < -0.39 is 0 Å². The molecule has 22 heavy (non-hydrogen) atoms. The molecule has 2 bridgehead atoms. The molecule has 1 amide bonds. The molecule has 3 rings (SSSR count). The molecule has 7 heteroatoms. The lowest BCUT2D eigenvalue weighted by molar-refractivity contribution is -0.123. The van der Waals surface area contributed by atoms with E-state index in [0.29, 0.717) is 48.5 Å². The van der Waals surface area contributed by atoms with Crippen molar-refractivity contribution in [3.05, 3.63) is 11.7 Å². The molecular weight excluding hydrogens is 304 g/mol. The van der Waals surface area contributed by atoms with Crippen LogP contribution in [-0.2, 0) is 11.2 Å². The molecule has 2 saturated carbocycles. The quantitative estimate of drug-likeness (QED) is 0.878. The van der Waals surface area contributed by atoms with Crippen LogP contribution in [0.3, 0.4) is 0 Å². The van der Waals surface area contributed by atoms with Gasteiger partial charge in [0.2, 0.25) is 11.8 Å². The van der Waals surface area contributed by atoms with Crippen LogP contribution in [0.2, 0.25) is 0 Å². The fraction of sp³-hybridized carbons (Fsp3) is 0.800. The summed E-state index contributed by atoms with van der Waals surface area (Å²) in [7, 11) is 0. The molecule has 2 unspecified atom stereocenters. The summed E-state index contributed by atoms with van der Waals surface area (Å²) in [5.74, 6) is 2.35. The van der Waals surface area contributed by atoms with Gasteiger partial charge in [0.15, 0.2) is 5.82 Å². The Kier molecular flexibility index (Phi) is 5.81. The maximum absolute atomic E-state index is 12.2. The number of nitrogens with one attached hydrogen (secondary N) is 1. The molecule has 2 fully saturated rings. The first-order chi connectivity index (χ1) is 10.1. The van der Waals surface area contributed by atoms with Crippen molar-refractivity contribution in [1.82, 2.24) is 15.5 Å². The Bertz CT molecular complexity index is 493. The molecular formula is C15H25ClN4O2. The van der Waals surface area contributed by atoms with Crippen molar-refractivity contribution >= 4 is 18.3 Å². The van der Waals surface area contributed by atoms with Crippen molar-refractivity contribution in [1.29, 1.82) is 0 Å². The first kappa shape index (κ1) is 17.2. The molecule has 2 aliphatic carbocycles. The summed E-state index contributed by atoms with van der Waals surface area (Å²) < 4.78 is 5.04. The highest BCUT2D eigenvalue weighted by molar-refractivity contribution is 5.85. The molecule has 2 aliphatic rings. The molecule has 0 saturated heterocycles. The van der Waals surface area contributed by atoms with E-state index in [1.165, 1.54) is 19.3 Å². The van der Waals surface area contributed by atoms with E-state index in [-0.39, 0.29) is 18.3 Å². The lowest BCUT2D eigenvalue weighted by Gasteiger charge is -2.45. The zero-order valence-electron chi connectivity index (χ0n) is 13.0. The van der Waals surface area contributed by atoms with Crippen LogP contribution in [0.4, 0.5) is 0 Å². The topological polar surface area (TPSA) is 94.0 Å². The molecule has 0 aliphatic heterocycles. The van der Waals surface area contributed by atoms with Crippen LogP contribution in [0.5, 0.6) is 0 Å². The summed E-state index contributed by atoms with van der Waals surface area (Å²) in [6, 6.07) is 0.630. The highest BCUT2D eigenvalue weighted by Gasteiger charge is 2.39. The van der Waals surface area contributed by atoms with E-state index in [9.17, 15) is 4.79 Å². The molecule has 0 radical (unpaired) electrons. The fourth-order valence-corrected chi connectivity index (χ4v) is 3.94. The van der Waals surface area contributed by atoms with Crippen LogP contribution in [0, 0.1) is 18.8 Å². The Balaban J connectivity index is 0.00000176. The average Bonchev–Trinajstić information content (AvgIpc) is 2.83. The van der Waals surface area contributed by atoms with Gasteiger partial charge in [-0.3, -0.25) is 4.79 Å². The third-order valence-corrected chi connectivity index (χ3v) is 4.84. The number of hydrogen-bond acceptors (Lipinski definition) is 5. The van der Waals surface area contributed by atoms with Crippen molar-refractivity contribution in [2.24, 2.45) is 17.6 Å². The largest absolute Gasteiger partial charge is 0.353 e. The van der Waals surface area contributed by atoms with Gasteiger partial charge >= 0.3 is 0 Å². The highest BCUT2D eigenvalue weighted by Crippen LogP contribution is 2.39. The first-order valence-electron chi connectivity index (χ1n) is 7.96. The third kappa shape index (κ3) is 3.98. The number of carbonyl (C=O) groups is 1. The van der Waals surface area contributed by atoms with Crippen molar-refractivity contribution in [3.8, 4) is 0 Å². The predicted octanol–water partition coefficient (Wildman–Crippen LogP) is 1.75. The van der Waals surface area contributed by atoms with Gasteiger partial charge in [-0.2, -0.15) is 4.98 Å². The number of amides is 1. The van der Waals surface area contributed by atoms with Gasteiger partial charge in [-0.25, -0.2) is 0 Å². The van der Waals surface area contributed by atoms with Crippen molar-refractivity contribution < 1.29 is 9.32 Å². The molecule has 0 aromatic carbocycles. The monoisotopic (exact) mass is 328 g/mol. The number of nitrogens with two attached hydrogens (primary N) is 1. The van der Waals surface area contributed by atoms with Crippen LogP contribution in [0.15, 0.2) is 4.52 Å². The number of aromatic nitrogens is 2. The molecule has 2 atom stereocenters. The van der Waals surface area contributed by atoms with Gasteiger partial charge < -0.3 is 15.6 Å². The number of carbonyl (C=O) groups excluding carboxylic acids is 1. The Morgan fingerprint density at radius 2 is 2.05 bits per heavy atom. The second-order valence-corrected chi connectivity index (χ2v) is 6.51. The number of aryl methyl sites for hydroxylation is 2. The molecule has 6 nitrogen and oxygen atoms in total. The SMILES string of the molecule is Cc1noc(CCC(=O)NC2C3CCCC2CC(N)C3)n1.Cl. The van der Waals surface area contributed by atoms with E-state index in [1.807, 2.05) is 0 Å². The summed E-state index contributed by atoms with van der Waals surface area (Å²) >= 11 is 0. The van der Waals surface area contributed by atoms with Crippen LogP contribution in [0.1, 0.15) is 50.2 Å². The van der Waals surface area contributed by atoms with E-state index in [2.05, 4.69) is 15.5 Å². The van der Waals surface area contributed by atoms with Crippen LogP contribution < -0.4 is 11.1 Å². The maximum atomic E-state index is 12.2. The zero-order valence-corrected chi connectivity index (χ0v) is 13.8. The van der Waals surface area contributed by atoms with Gasteiger partial charge in [-0.05, 0) is 44.4 Å². The Morgan fingerprint density at radius 1 is 1.36 bits per heavy atom. The molecule has 3 N–H and O–H groups in total.